The van der Waals surface area contributed by atoms with Crippen molar-refractivity contribution in [1.82, 2.24) is 4.90 Å². The van der Waals surface area contributed by atoms with Gasteiger partial charge in [0.15, 0.2) is 0 Å². The van der Waals surface area contributed by atoms with E-state index in [2.05, 4.69) is 81.5 Å². The van der Waals surface area contributed by atoms with Crippen molar-refractivity contribution >= 4 is 38.5 Å². The Kier molecular flexibility index (Phi) is 5.08. The van der Waals surface area contributed by atoms with E-state index in [1.165, 1.54) is 9.13 Å². The van der Waals surface area contributed by atoms with Crippen molar-refractivity contribution in [3.05, 3.63) is 33.4 Å². The highest BCUT2D eigenvalue weighted by Gasteiger charge is 2.32. The molecule has 0 N–H and O–H groups in total. The smallest absolute Gasteiger partial charge is 0.0806 e. The minimum atomic E-state index is -0.0557. The zero-order valence-corrected chi connectivity index (χ0v) is 14.6. The molecule has 18 heavy (non-hydrogen) atoms. The van der Waals surface area contributed by atoms with Gasteiger partial charge in [0.2, 0.25) is 0 Å². The van der Waals surface area contributed by atoms with Crippen LogP contribution in [0, 0.1) is 3.57 Å². The minimum Gasteiger partial charge on any atom is -0.369 e. The van der Waals surface area contributed by atoms with Gasteiger partial charge in [-0.25, -0.2) is 0 Å². The Morgan fingerprint density at radius 3 is 2.67 bits per heavy atom. The van der Waals surface area contributed by atoms with Crippen molar-refractivity contribution in [2.24, 2.45) is 0 Å². The number of benzene rings is 1. The highest BCUT2D eigenvalue weighted by Crippen LogP contribution is 2.23. The van der Waals surface area contributed by atoms with Gasteiger partial charge < -0.3 is 4.74 Å². The molecule has 1 aliphatic heterocycles. The lowest BCUT2D eigenvalue weighted by Gasteiger charge is -2.42. The molecule has 1 atom stereocenters. The Hall–Kier alpha value is 0.350. The van der Waals surface area contributed by atoms with E-state index in [9.17, 15) is 0 Å². The zero-order valence-electron chi connectivity index (χ0n) is 10.8. The summed E-state index contributed by atoms with van der Waals surface area (Å²) in [6.45, 7) is 7.34. The number of hydrogen-bond donors (Lipinski definition) is 0. The van der Waals surface area contributed by atoms with E-state index in [1.807, 2.05) is 0 Å². The second kappa shape index (κ2) is 6.20. The molecule has 100 valence electrons. The highest BCUT2D eigenvalue weighted by molar-refractivity contribution is 14.1. The monoisotopic (exact) mass is 423 g/mol. The van der Waals surface area contributed by atoms with Gasteiger partial charge in [0.1, 0.15) is 0 Å². The standard InChI is InChI=1S/C14H19BrINO/c1-14(2)10-17(9-13(7-15)18-14)8-11-3-5-12(16)6-4-11/h3-6,13H,7-10H2,1-2H3. The van der Waals surface area contributed by atoms with Crippen LogP contribution in [0.15, 0.2) is 24.3 Å². The van der Waals surface area contributed by atoms with Gasteiger partial charge in [-0.1, -0.05) is 28.1 Å². The third-order valence-electron chi connectivity index (χ3n) is 3.04. The highest BCUT2D eigenvalue weighted by atomic mass is 127. The van der Waals surface area contributed by atoms with Crippen molar-refractivity contribution in [2.75, 3.05) is 18.4 Å². The molecule has 1 aromatic carbocycles. The third-order valence-corrected chi connectivity index (χ3v) is 4.48. The molecule has 2 rings (SSSR count). The Morgan fingerprint density at radius 1 is 1.39 bits per heavy atom. The lowest BCUT2D eigenvalue weighted by molar-refractivity contribution is -0.128. The Morgan fingerprint density at radius 2 is 2.06 bits per heavy atom. The molecule has 4 heteroatoms. The predicted molar refractivity (Wildman–Crippen MR) is 87.2 cm³/mol. The van der Waals surface area contributed by atoms with Crippen LogP contribution in [0.4, 0.5) is 0 Å². The topological polar surface area (TPSA) is 12.5 Å². The van der Waals surface area contributed by atoms with Crippen LogP contribution in [0.3, 0.4) is 0 Å². The van der Waals surface area contributed by atoms with E-state index in [-0.39, 0.29) is 11.7 Å². The molecule has 1 aliphatic rings. The number of nitrogens with zero attached hydrogens (tertiary/aromatic N) is 1. The fourth-order valence-corrected chi connectivity index (χ4v) is 3.16. The summed E-state index contributed by atoms with van der Waals surface area (Å²) in [5.41, 5.74) is 1.32. The first-order valence-corrected chi connectivity index (χ1v) is 8.39. The summed E-state index contributed by atoms with van der Waals surface area (Å²) >= 11 is 5.87. The van der Waals surface area contributed by atoms with Gasteiger partial charge in [-0.05, 0) is 54.1 Å². The second-order valence-electron chi connectivity index (χ2n) is 5.45. The molecule has 0 aromatic heterocycles. The molecule has 1 fully saturated rings. The lowest BCUT2D eigenvalue weighted by atomic mass is 10.0. The fourth-order valence-electron chi connectivity index (χ4n) is 2.47. The summed E-state index contributed by atoms with van der Waals surface area (Å²) in [6.07, 6.45) is 0.289. The van der Waals surface area contributed by atoms with Gasteiger partial charge in [0, 0.05) is 28.5 Å². The van der Waals surface area contributed by atoms with Crippen molar-refractivity contribution in [2.45, 2.75) is 32.1 Å². The Labute approximate surface area is 131 Å². The van der Waals surface area contributed by atoms with Crippen LogP contribution in [0.5, 0.6) is 0 Å². The summed E-state index contributed by atoms with van der Waals surface area (Å²) < 4.78 is 7.31. The quantitative estimate of drug-likeness (QED) is 0.543. The molecular weight excluding hydrogens is 405 g/mol. The maximum Gasteiger partial charge on any atom is 0.0806 e. The summed E-state index contributed by atoms with van der Waals surface area (Å²) in [5.74, 6) is 0. The van der Waals surface area contributed by atoms with Gasteiger partial charge in [-0.15, -0.1) is 0 Å². The predicted octanol–water partition coefficient (Wildman–Crippen LogP) is 3.67. The van der Waals surface area contributed by atoms with Gasteiger partial charge in [-0.2, -0.15) is 0 Å². The SMILES string of the molecule is CC1(C)CN(Cc2ccc(I)cc2)CC(CBr)O1. The molecule has 1 heterocycles. The molecule has 0 radical (unpaired) electrons. The van der Waals surface area contributed by atoms with Gasteiger partial charge in [-0.3, -0.25) is 4.90 Å². The summed E-state index contributed by atoms with van der Waals surface area (Å²) in [5, 5.41) is 0.902. The van der Waals surface area contributed by atoms with Crippen LogP contribution < -0.4 is 0 Å². The van der Waals surface area contributed by atoms with Crippen molar-refractivity contribution < 1.29 is 4.74 Å². The van der Waals surface area contributed by atoms with E-state index < -0.39 is 0 Å². The lowest BCUT2D eigenvalue weighted by Crippen LogP contribution is -2.52. The maximum atomic E-state index is 6.02. The largest absolute Gasteiger partial charge is 0.369 e. The van der Waals surface area contributed by atoms with Crippen molar-refractivity contribution in [3.8, 4) is 0 Å². The third kappa shape index (κ3) is 4.18. The van der Waals surface area contributed by atoms with E-state index in [0.29, 0.717) is 0 Å². The Balaban J connectivity index is 2.02. The molecule has 0 saturated carbocycles. The number of rotatable bonds is 3. The first-order chi connectivity index (χ1) is 8.48. The molecule has 1 aromatic rings. The molecular formula is C14H19BrINO. The van der Waals surface area contributed by atoms with Gasteiger partial charge in [0.25, 0.3) is 0 Å². The Bertz CT molecular complexity index is 393. The van der Waals surface area contributed by atoms with Crippen molar-refractivity contribution in [3.63, 3.8) is 0 Å². The summed E-state index contributed by atoms with van der Waals surface area (Å²) in [7, 11) is 0. The normalized spacial score (nSPS) is 24.1. The van der Waals surface area contributed by atoms with E-state index in [1.54, 1.807) is 0 Å². The number of halogens is 2. The van der Waals surface area contributed by atoms with Gasteiger partial charge >= 0.3 is 0 Å². The first kappa shape index (κ1) is 14.8. The number of alkyl halides is 1. The van der Waals surface area contributed by atoms with E-state index >= 15 is 0 Å². The van der Waals surface area contributed by atoms with Crippen LogP contribution in [0.25, 0.3) is 0 Å². The fraction of sp³-hybridized carbons (Fsp3) is 0.571. The van der Waals surface area contributed by atoms with Crippen LogP contribution >= 0.6 is 38.5 Å². The average molecular weight is 424 g/mol. The number of morpholine rings is 1. The minimum absolute atomic E-state index is 0.0557. The maximum absolute atomic E-state index is 6.02. The van der Waals surface area contributed by atoms with Crippen LogP contribution in [-0.4, -0.2) is 35.0 Å². The molecule has 0 bridgehead atoms. The second-order valence-corrected chi connectivity index (χ2v) is 7.34. The summed E-state index contributed by atoms with van der Waals surface area (Å²) in [4.78, 5) is 2.48. The average Bonchev–Trinajstić information content (AvgIpc) is 2.30. The number of ether oxygens (including phenoxy) is 1. The molecule has 0 spiro atoms. The first-order valence-electron chi connectivity index (χ1n) is 6.19. The molecule has 1 unspecified atom stereocenters. The molecule has 0 amide bonds. The van der Waals surface area contributed by atoms with Crippen LogP contribution in [0.1, 0.15) is 19.4 Å². The van der Waals surface area contributed by atoms with Crippen LogP contribution in [-0.2, 0) is 11.3 Å². The van der Waals surface area contributed by atoms with Gasteiger partial charge in [0.05, 0.1) is 11.7 Å². The zero-order chi connectivity index (χ0) is 13.2. The molecule has 1 saturated heterocycles. The van der Waals surface area contributed by atoms with E-state index in [4.69, 9.17) is 4.74 Å². The van der Waals surface area contributed by atoms with Crippen LogP contribution in [0.2, 0.25) is 0 Å². The number of hydrogen-bond acceptors (Lipinski definition) is 2. The van der Waals surface area contributed by atoms with E-state index in [0.717, 1.165) is 25.0 Å². The summed E-state index contributed by atoms with van der Waals surface area (Å²) in [6, 6.07) is 8.77. The molecule has 2 nitrogen and oxygen atoms in total. The molecule has 0 aliphatic carbocycles. The van der Waals surface area contributed by atoms with Crippen molar-refractivity contribution in [1.29, 1.82) is 0 Å².